The molecule has 3 aromatic rings. The molecule has 3 rings (SSSR count). The van der Waals surface area contributed by atoms with Crippen molar-refractivity contribution in [1.82, 2.24) is 30.6 Å². The highest BCUT2D eigenvalue weighted by atomic mass is 32.2. The number of aromatic amines is 1. The molecule has 0 aliphatic heterocycles. The Morgan fingerprint density at radius 3 is 2.36 bits per heavy atom. The number of rotatable bonds is 13. The number of hydrogen-bond donors (Lipinski definition) is 6. The van der Waals surface area contributed by atoms with Crippen molar-refractivity contribution in [3.8, 4) is 0 Å². The predicted octanol–water partition coefficient (Wildman–Crippen LogP) is -1.05. The second kappa shape index (κ2) is 12.8. The molecule has 2 aromatic carbocycles. The smallest absolute Gasteiger partial charge is 0.322 e. The first kappa shape index (κ1) is 29.1. The minimum Gasteiger partial charge on any atom is -0.480 e. The van der Waals surface area contributed by atoms with E-state index in [-0.39, 0.29) is 11.3 Å². The standard InChI is InChI=1S/C24H29N7O7S/c1-31(2)19-7-3-6-17-16(19)5-4-8-20(17)39(37,38)29-12-21(32)26-11-22(33)30-18(9-15-10-25-14-28-15)24(36)27-13-23(34)35/h3-8,10,14,18,29H,9,11-13H2,1-2H3,(H,25,28)(H,26,32)(H,27,36)(H,30,33)(H,34,35)/t18-/m0/s1. The lowest BCUT2D eigenvalue weighted by Gasteiger charge is -2.18. The van der Waals surface area contributed by atoms with Crippen molar-refractivity contribution in [1.29, 1.82) is 0 Å². The minimum absolute atomic E-state index is 0.00302. The summed E-state index contributed by atoms with van der Waals surface area (Å²) in [7, 11) is -0.388. The van der Waals surface area contributed by atoms with Crippen LogP contribution in [0.5, 0.6) is 0 Å². The number of nitrogens with one attached hydrogen (secondary N) is 5. The summed E-state index contributed by atoms with van der Waals surface area (Å²) in [5.74, 6) is -3.52. The topological polar surface area (TPSA) is 203 Å². The highest BCUT2D eigenvalue weighted by molar-refractivity contribution is 7.89. The van der Waals surface area contributed by atoms with Gasteiger partial charge in [-0.15, -0.1) is 0 Å². The SMILES string of the molecule is CN(C)c1cccc2c(S(=O)(=O)NCC(=O)NCC(=O)N[C@@H](Cc3cnc[nH]3)C(=O)NCC(=O)O)cccc12. The molecule has 0 unspecified atom stereocenters. The van der Waals surface area contributed by atoms with Crippen LogP contribution >= 0.6 is 0 Å². The van der Waals surface area contributed by atoms with Crippen LogP contribution in [0.25, 0.3) is 10.8 Å². The number of fused-ring (bicyclic) bond motifs is 1. The molecule has 0 aliphatic carbocycles. The first-order chi connectivity index (χ1) is 18.5. The number of H-pyrrole nitrogens is 1. The van der Waals surface area contributed by atoms with Gasteiger partial charge in [0.25, 0.3) is 0 Å². The van der Waals surface area contributed by atoms with E-state index in [1.807, 2.05) is 25.1 Å². The summed E-state index contributed by atoms with van der Waals surface area (Å²) in [5.41, 5.74) is 1.34. The Labute approximate surface area is 224 Å². The van der Waals surface area contributed by atoms with E-state index < -0.39 is 59.4 Å². The van der Waals surface area contributed by atoms with Gasteiger partial charge in [-0.3, -0.25) is 19.2 Å². The normalized spacial score (nSPS) is 11.9. The van der Waals surface area contributed by atoms with Crippen LogP contribution in [-0.2, 0) is 35.6 Å². The number of imidazole rings is 1. The Hall–Kier alpha value is -4.50. The molecular formula is C24H29N7O7S. The summed E-state index contributed by atoms with van der Waals surface area (Å²) in [6.45, 7) is -1.82. The number of amides is 3. The first-order valence-electron chi connectivity index (χ1n) is 11.7. The minimum atomic E-state index is -4.08. The number of hydrogen-bond acceptors (Lipinski definition) is 8. The van der Waals surface area contributed by atoms with Gasteiger partial charge in [0.15, 0.2) is 0 Å². The zero-order valence-corrected chi connectivity index (χ0v) is 22.0. The molecule has 3 amide bonds. The summed E-state index contributed by atoms with van der Waals surface area (Å²) in [4.78, 5) is 56.3. The van der Waals surface area contributed by atoms with E-state index in [4.69, 9.17) is 5.11 Å². The molecule has 0 bridgehead atoms. The van der Waals surface area contributed by atoms with Gasteiger partial charge < -0.3 is 30.9 Å². The lowest BCUT2D eigenvalue weighted by atomic mass is 10.1. The second-order valence-corrected chi connectivity index (χ2v) is 10.4. The third kappa shape index (κ3) is 7.99. The number of carboxylic acids is 1. The van der Waals surface area contributed by atoms with Crippen molar-refractivity contribution < 1.29 is 32.7 Å². The third-order valence-electron chi connectivity index (χ3n) is 5.54. The van der Waals surface area contributed by atoms with Crippen molar-refractivity contribution in [3.63, 3.8) is 0 Å². The van der Waals surface area contributed by atoms with E-state index in [1.165, 1.54) is 18.6 Å². The molecule has 1 aromatic heterocycles. The second-order valence-electron chi connectivity index (χ2n) is 8.64. The Morgan fingerprint density at radius 1 is 0.974 bits per heavy atom. The number of aromatic nitrogens is 2. The van der Waals surface area contributed by atoms with Gasteiger partial charge in [0, 0.05) is 48.9 Å². The van der Waals surface area contributed by atoms with Crippen molar-refractivity contribution >= 4 is 50.2 Å². The maximum absolute atomic E-state index is 13.0. The van der Waals surface area contributed by atoms with Crippen molar-refractivity contribution in [2.45, 2.75) is 17.4 Å². The number of carbonyl (C=O) groups excluding carboxylic acids is 3. The summed E-state index contributed by atoms with van der Waals surface area (Å²) < 4.78 is 28.2. The zero-order valence-electron chi connectivity index (χ0n) is 21.2. The summed E-state index contributed by atoms with van der Waals surface area (Å²) >= 11 is 0. The predicted molar refractivity (Wildman–Crippen MR) is 141 cm³/mol. The lowest BCUT2D eigenvalue weighted by molar-refractivity contribution is -0.138. The van der Waals surface area contributed by atoms with E-state index in [2.05, 4.69) is 30.6 Å². The summed E-state index contributed by atoms with van der Waals surface area (Å²) in [6.07, 6.45) is 2.81. The van der Waals surface area contributed by atoms with E-state index in [1.54, 1.807) is 24.3 Å². The van der Waals surface area contributed by atoms with Crippen LogP contribution in [0, 0.1) is 0 Å². The molecule has 39 heavy (non-hydrogen) atoms. The summed E-state index contributed by atoms with van der Waals surface area (Å²) in [6, 6.07) is 8.98. The number of benzene rings is 2. The van der Waals surface area contributed by atoms with Crippen LogP contribution in [0.3, 0.4) is 0 Å². The average Bonchev–Trinajstić information content (AvgIpc) is 3.41. The number of nitrogens with zero attached hydrogens (tertiary/aromatic N) is 2. The van der Waals surface area contributed by atoms with Gasteiger partial charge >= 0.3 is 5.97 Å². The van der Waals surface area contributed by atoms with Crippen LogP contribution in [-0.4, -0.2) is 87.0 Å². The van der Waals surface area contributed by atoms with E-state index in [0.29, 0.717) is 11.1 Å². The highest BCUT2D eigenvalue weighted by Gasteiger charge is 2.23. The van der Waals surface area contributed by atoms with Gasteiger partial charge in [0.2, 0.25) is 27.7 Å². The van der Waals surface area contributed by atoms with Gasteiger partial charge in [0.1, 0.15) is 12.6 Å². The molecule has 0 fully saturated rings. The largest absolute Gasteiger partial charge is 0.480 e. The fourth-order valence-electron chi connectivity index (χ4n) is 3.73. The molecule has 1 heterocycles. The quantitative estimate of drug-likeness (QED) is 0.151. The number of carbonyl (C=O) groups is 4. The van der Waals surface area contributed by atoms with Crippen molar-refractivity contribution in [2.24, 2.45) is 0 Å². The zero-order chi connectivity index (χ0) is 28.6. The number of anilines is 1. The maximum Gasteiger partial charge on any atom is 0.322 e. The van der Waals surface area contributed by atoms with Crippen LogP contribution < -0.4 is 25.6 Å². The fourth-order valence-corrected chi connectivity index (χ4v) is 4.93. The molecule has 0 radical (unpaired) electrons. The Morgan fingerprint density at radius 2 is 1.69 bits per heavy atom. The van der Waals surface area contributed by atoms with E-state index in [0.717, 1.165) is 11.1 Å². The third-order valence-corrected chi connectivity index (χ3v) is 7.00. The van der Waals surface area contributed by atoms with E-state index in [9.17, 15) is 27.6 Å². The number of carboxylic acid groups (broad SMARTS) is 1. The van der Waals surface area contributed by atoms with Crippen LogP contribution in [0.1, 0.15) is 5.69 Å². The molecule has 1 atom stereocenters. The van der Waals surface area contributed by atoms with Gasteiger partial charge in [-0.05, 0) is 12.1 Å². The van der Waals surface area contributed by atoms with Gasteiger partial charge in [0.05, 0.1) is 24.3 Å². The Kier molecular flexibility index (Phi) is 9.57. The molecular weight excluding hydrogens is 530 g/mol. The number of aliphatic carboxylic acids is 1. The molecule has 208 valence electrons. The van der Waals surface area contributed by atoms with Gasteiger partial charge in [-0.25, -0.2) is 18.1 Å². The maximum atomic E-state index is 13.0. The Balaban J connectivity index is 1.58. The van der Waals surface area contributed by atoms with Crippen LogP contribution in [0.15, 0.2) is 53.8 Å². The van der Waals surface area contributed by atoms with Gasteiger partial charge in [-0.2, -0.15) is 0 Å². The summed E-state index contributed by atoms with van der Waals surface area (Å²) in [5, 5.41) is 16.9. The number of sulfonamides is 1. The van der Waals surface area contributed by atoms with Crippen LogP contribution in [0.2, 0.25) is 0 Å². The first-order valence-corrected chi connectivity index (χ1v) is 13.2. The fraction of sp³-hybridized carbons (Fsp3) is 0.292. The molecule has 0 spiro atoms. The lowest BCUT2D eigenvalue weighted by Crippen LogP contribution is -2.51. The molecule has 0 saturated carbocycles. The monoisotopic (exact) mass is 559 g/mol. The molecule has 0 saturated heterocycles. The highest BCUT2D eigenvalue weighted by Crippen LogP contribution is 2.29. The van der Waals surface area contributed by atoms with Gasteiger partial charge in [-0.1, -0.05) is 24.3 Å². The van der Waals surface area contributed by atoms with E-state index >= 15 is 0 Å². The molecule has 15 heteroatoms. The Bertz CT molecular complexity index is 1460. The average molecular weight is 560 g/mol. The molecule has 14 nitrogen and oxygen atoms in total. The molecule has 0 aliphatic rings. The van der Waals surface area contributed by atoms with Crippen molar-refractivity contribution in [3.05, 3.63) is 54.6 Å². The van der Waals surface area contributed by atoms with Crippen molar-refractivity contribution in [2.75, 3.05) is 38.6 Å². The van der Waals surface area contributed by atoms with Crippen LogP contribution in [0.4, 0.5) is 5.69 Å². The molecule has 6 N–H and O–H groups in total.